The molecule has 0 rings (SSSR count). The minimum atomic E-state index is -3.13. The predicted octanol–water partition coefficient (Wildman–Crippen LogP) is -1.94. The van der Waals surface area contributed by atoms with Crippen LogP contribution in [-0.2, 0) is 4.57 Å². The van der Waals surface area contributed by atoms with Gasteiger partial charge in [-0.3, -0.25) is 4.57 Å². The van der Waals surface area contributed by atoms with Gasteiger partial charge in [-0.2, -0.15) is 0 Å². The second-order valence-corrected chi connectivity index (χ2v) is 0.848. The van der Waals surface area contributed by atoms with Crippen molar-refractivity contribution in [2.24, 2.45) is 0 Å². The Morgan fingerprint density at radius 3 is 1.17 bits per heavy atom. The van der Waals surface area contributed by atoms with Crippen LogP contribution >= 0.6 is 8.25 Å². The molecule has 0 saturated carbocycles. The standard InChI is InChI=1S/2K.H3O3P.2H/c;;1-4(2)3;;/h;;4H,(H2,1,2,3);;. The first-order chi connectivity index (χ1) is 1.73. The Kier molecular flexibility index (Phi) is 30.4. The van der Waals surface area contributed by atoms with Gasteiger partial charge in [-0.1, -0.05) is 0 Å². The van der Waals surface area contributed by atoms with E-state index >= 15 is 0 Å². The van der Waals surface area contributed by atoms with Gasteiger partial charge in [0.05, 0.1) is 0 Å². The molecule has 3 nitrogen and oxygen atoms in total. The molecule has 0 amide bonds. The minimum absolute atomic E-state index is 0. The monoisotopic (exact) mass is 162 g/mol. The van der Waals surface area contributed by atoms with E-state index in [1.165, 1.54) is 0 Å². The van der Waals surface area contributed by atoms with Crippen LogP contribution in [0.1, 0.15) is 0 Å². The first kappa shape index (κ1) is 16.2. The molecule has 0 aliphatic carbocycles. The molecule has 0 bridgehead atoms. The van der Waals surface area contributed by atoms with Crippen LogP contribution in [0.2, 0.25) is 0 Å². The van der Waals surface area contributed by atoms with E-state index in [-0.39, 0.29) is 103 Å². The summed E-state index contributed by atoms with van der Waals surface area (Å²) in [5.74, 6) is 0. The van der Waals surface area contributed by atoms with Gasteiger partial charge >= 0.3 is 111 Å². The maximum atomic E-state index is 8.74. The van der Waals surface area contributed by atoms with Crippen LogP contribution in [0.25, 0.3) is 0 Å². The van der Waals surface area contributed by atoms with Crippen LogP contribution in [0.5, 0.6) is 0 Å². The van der Waals surface area contributed by atoms with E-state index in [1.807, 2.05) is 0 Å². The SMILES string of the molecule is O=[PH](O)O.[KH].[KH]. The van der Waals surface area contributed by atoms with Gasteiger partial charge in [-0.25, -0.2) is 0 Å². The Hall–Kier alpha value is 3.42. The molecular weight excluding hydrogens is 157 g/mol. The first-order valence-corrected chi connectivity index (χ1v) is 1.95. The van der Waals surface area contributed by atoms with E-state index in [0.29, 0.717) is 0 Å². The summed E-state index contributed by atoms with van der Waals surface area (Å²) in [6, 6.07) is 0. The van der Waals surface area contributed by atoms with Crippen molar-refractivity contribution in [1.82, 2.24) is 0 Å². The van der Waals surface area contributed by atoms with Crippen molar-refractivity contribution in [3.05, 3.63) is 0 Å². The van der Waals surface area contributed by atoms with Crippen molar-refractivity contribution in [1.29, 1.82) is 0 Å². The van der Waals surface area contributed by atoms with E-state index in [1.54, 1.807) is 0 Å². The fraction of sp³-hybridized carbons (Fsp3) is 0. The van der Waals surface area contributed by atoms with E-state index in [4.69, 9.17) is 14.4 Å². The molecule has 2 N–H and O–H groups in total. The Morgan fingerprint density at radius 2 is 1.17 bits per heavy atom. The van der Waals surface area contributed by atoms with Gasteiger partial charge in [0.15, 0.2) is 0 Å². The van der Waals surface area contributed by atoms with Crippen molar-refractivity contribution in [2.45, 2.75) is 0 Å². The summed E-state index contributed by atoms with van der Waals surface area (Å²) >= 11 is 0. The molecule has 0 radical (unpaired) electrons. The molecule has 0 aliphatic heterocycles. The Balaban J connectivity index is -0.0000000450. The second-order valence-electron chi connectivity index (χ2n) is 0.283. The molecule has 0 spiro atoms. The van der Waals surface area contributed by atoms with Crippen LogP contribution < -0.4 is 0 Å². The third-order valence-corrected chi connectivity index (χ3v) is 0. The van der Waals surface area contributed by atoms with Gasteiger partial charge in [0.1, 0.15) is 0 Å². The van der Waals surface area contributed by atoms with E-state index < -0.39 is 8.25 Å². The Morgan fingerprint density at radius 1 is 1.17 bits per heavy atom. The van der Waals surface area contributed by atoms with Crippen molar-refractivity contribution in [3.63, 3.8) is 0 Å². The summed E-state index contributed by atoms with van der Waals surface area (Å²) in [7, 11) is -3.13. The van der Waals surface area contributed by atoms with Crippen LogP contribution in [0, 0.1) is 0 Å². The second kappa shape index (κ2) is 11.2. The molecule has 0 fully saturated rings. The fourth-order valence-electron chi connectivity index (χ4n) is 0. The Labute approximate surface area is 122 Å². The molecule has 6 heavy (non-hydrogen) atoms. The molecule has 0 aromatic rings. The van der Waals surface area contributed by atoms with Crippen LogP contribution in [-0.4, -0.2) is 113 Å². The van der Waals surface area contributed by atoms with E-state index in [2.05, 4.69) is 0 Å². The zero-order valence-electron chi connectivity index (χ0n) is 1.80. The molecule has 0 aromatic heterocycles. The molecule has 0 atom stereocenters. The number of hydrogen-bond acceptors (Lipinski definition) is 1. The van der Waals surface area contributed by atoms with Crippen molar-refractivity contribution >= 4 is 111 Å². The van der Waals surface area contributed by atoms with Gasteiger partial charge in [-0.15, -0.1) is 0 Å². The van der Waals surface area contributed by atoms with Crippen LogP contribution in [0.4, 0.5) is 0 Å². The van der Waals surface area contributed by atoms with Crippen molar-refractivity contribution in [3.8, 4) is 0 Å². The zero-order valence-corrected chi connectivity index (χ0v) is 2.80. The summed E-state index contributed by atoms with van der Waals surface area (Å²) in [6.45, 7) is 0. The summed E-state index contributed by atoms with van der Waals surface area (Å²) in [4.78, 5) is 14.3. The average Bonchev–Trinajstić information content (AvgIpc) is 0.811. The molecule has 6 heteroatoms. The molecule has 0 heterocycles. The fourth-order valence-corrected chi connectivity index (χ4v) is 0. The Bertz CT molecular complexity index is 31.8. The zero-order chi connectivity index (χ0) is 3.58. The normalized spacial score (nSPS) is 5.83. The van der Waals surface area contributed by atoms with Gasteiger partial charge in [0.2, 0.25) is 0 Å². The third kappa shape index (κ3) is 26.1. The van der Waals surface area contributed by atoms with E-state index in [0.717, 1.165) is 0 Å². The molecule has 0 aliphatic rings. The summed E-state index contributed by atoms with van der Waals surface area (Å²) in [6.07, 6.45) is 0. The van der Waals surface area contributed by atoms with Crippen LogP contribution in [0.3, 0.4) is 0 Å². The van der Waals surface area contributed by atoms with Gasteiger partial charge in [0.25, 0.3) is 0 Å². The maximum absolute atomic E-state index is 8.74. The topological polar surface area (TPSA) is 57.5 Å². The van der Waals surface area contributed by atoms with Crippen molar-refractivity contribution < 1.29 is 14.4 Å². The van der Waals surface area contributed by atoms with Gasteiger partial charge < -0.3 is 9.79 Å². The summed E-state index contributed by atoms with van der Waals surface area (Å²) < 4.78 is 8.74. The quantitative estimate of drug-likeness (QED) is 0.322. The molecule has 0 unspecified atom stereocenters. The molecule has 0 saturated heterocycles. The molecule has 30 valence electrons. The van der Waals surface area contributed by atoms with Gasteiger partial charge in [0, 0.05) is 0 Å². The van der Waals surface area contributed by atoms with Crippen molar-refractivity contribution in [2.75, 3.05) is 0 Å². The first-order valence-electron chi connectivity index (χ1n) is 0.651. The molecule has 0 aromatic carbocycles. The number of rotatable bonds is 0. The van der Waals surface area contributed by atoms with Gasteiger partial charge in [-0.05, 0) is 0 Å². The predicted molar refractivity (Wildman–Crippen MR) is 27.7 cm³/mol. The molecular formula is H5K2O3P. The number of hydrogen-bond donors (Lipinski definition) is 2. The third-order valence-electron chi connectivity index (χ3n) is 0. The average molecular weight is 162 g/mol. The summed E-state index contributed by atoms with van der Waals surface area (Å²) in [5.41, 5.74) is 0. The van der Waals surface area contributed by atoms with Crippen LogP contribution in [0.15, 0.2) is 0 Å². The summed E-state index contributed by atoms with van der Waals surface area (Å²) in [5, 5.41) is 0. The van der Waals surface area contributed by atoms with E-state index in [9.17, 15) is 0 Å².